The highest BCUT2D eigenvalue weighted by molar-refractivity contribution is 6.11. The molecule has 0 spiro atoms. The van der Waals surface area contributed by atoms with Crippen molar-refractivity contribution in [1.29, 1.82) is 0 Å². The van der Waals surface area contributed by atoms with Crippen molar-refractivity contribution in [2.75, 3.05) is 26.4 Å². The molecule has 3 atom stereocenters. The third-order valence-electron chi connectivity index (χ3n) is 2.29. The zero-order valence-electron chi connectivity index (χ0n) is 8.11. The van der Waals surface area contributed by atoms with Crippen LogP contribution in [0.2, 0.25) is 5.82 Å². The molecule has 3 nitrogen and oxygen atoms in total. The van der Waals surface area contributed by atoms with Crippen molar-refractivity contribution in [3.8, 4) is 0 Å². The van der Waals surface area contributed by atoms with E-state index in [1.54, 1.807) is 0 Å². The Balaban J connectivity index is 2.34. The maximum absolute atomic E-state index is 9.71. The Morgan fingerprint density at radius 3 is 3.00 bits per heavy atom. The van der Waals surface area contributed by atoms with Gasteiger partial charge in [0.15, 0.2) is 0 Å². The van der Waals surface area contributed by atoms with Gasteiger partial charge in [-0.1, -0.05) is 5.82 Å². The van der Waals surface area contributed by atoms with Gasteiger partial charge in [0.05, 0.1) is 27.2 Å². The fourth-order valence-corrected chi connectivity index (χ4v) is 1.48. The average molecular weight is 184 g/mol. The van der Waals surface area contributed by atoms with Crippen LogP contribution in [0.3, 0.4) is 0 Å². The number of ether oxygens (including phenoxy) is 2. The smallest absolute Gasteiger partial charge is 0.0732 e. The summed E-state index contributed by atoms with van der Waals surface area (Å²) in [4.78, 5) is 0. The van der Waals surface area contributed by atoms with Crippen LogP contribution in [0, 0.1) is 5.92 Å². The third kappa shape index (κ3) is 3.67. The molecular weight excluding hydrogens is 167 g/mol. The molecule has 1 aliphatic heterocycles. The quantitative estimate of drug-likeness (QED) is 0.644. The second-order valence-corrected chi connectivity index (χ2v) is 3.52. The third-order valence-corrected chi connectivity index (χ3v) is 2.29. The molecule has 0 saturated carbocycles. The highest BCUT2D eigenvalue weighted by Gasteiger charge is 2.25. The zero-order valence-corrected chi connectivity index (χ0v) is 8.11. The van der Waals surface area contributed by atoms with E-state index in [0.717, 1.165) is 0 Å². The average Bonchev–Trinajstić information content (AvgIpc) is 2.24. The number of aliphatic hydroxyl groups is 1. The molecule has 0 bridgehead atoms. The Kier molecular flexibility index (Phi) is 4.77. The molecule has 0 amide bonds. The Morgan fingerprint density at radius 1 is 1.54 bits per heavy atom. The highest BCUT2D eigenvalue weighted by Crippen LogP contribution is 2.21. The largest absolute Gasteiger partial charge is 0.393 e. The van der Waals surface area contributed by atoms with Crippen molar-refractivity contribution in [3.63, 3.8) is 0 Å². The van der Waals surface area contributed by atoms with Crippen LogP contribution >= 0.6 is 0 Å². The van der Waals surface area contributed by atoms with Crippen molar-refractivity contribution >= 4 is 7.85 Å². The number of aliphatic hydroxyl groups excluding tert-OH is 1. The lowest BCUT2D eigenvalue weighted by atomic mass is 9.82. The summed E-state index contributed by atoms with van der Waals surface area (Å²) in [5, 5.41) is 9.71. The predicted octanol–water partition coefficient (Wildman–Crippen LogP) is 0.377. The first kappa shape index (κ1) is 11.0. The van der Waals surface area contributed by atoms with Gasteiger partial charge in [-0.15, -0.1) is 0 Å². The van der Waals surface area contributed by atoms with E-state index >= 15 is 0 Å². The molecule has 1 rings (SSSR count). The lowest BCUT2D eigenvalue weighted by Gasteiger charge is -2.19. The Labute approximate surface area is 80.8 Å². The molecule has 13 heavy (non-hydrogen) atoms. The van der Waals surface area contributed by atoms with E-state index < -0.39 is 0 Å². The van der Waals surface area contributed by atoms with Crippen LogP contribution in [-0.2, 0) is 9.47 Å². The molecule has 1 fully saturated rings. The summed E-state index contributed by atoms with van der Waals surface area (Å²) in [5.74, 6) is 0.0372. The second-order valence-electron chi connectivity index (χ2n) is 3.52. The Bertz CT molecular complexity index is 141. The van der Waals surface area contributed by atoms with Crippen molar-refractivity contribution in [1.82, 2.24) is 0 Å². The SMILES string of the molecule is [B]C1COCC(COCC)C(O)C1. The summed E-state index contributed by atoms with van der Waals surface area (Å²) in [5.41, 5.74) is 0. The minimum Gasteiger partial charge on any atom is -0.393 e. The summed E-state index contributed by atoms with van der Waals surface area (Å²) >= 11 is 0. The van der Waals surface area contributed by atoms with E-state index in [2.05, 4.69) is 0 Å². The second kappa shape index (κ2) is 5.63. The van der Waals surface area contributed by atoms with E-state index in [1.165, 1.54) is 0 Å². The number of hydrogen-bond acceptors (Lipinski definition) is 3. The first-order valence-electron chi connectivity index (χ1n) is 4.83. The molecule has 1 aliphatic rings. The van der Waals surface area contributed by atoms with Crippen LogP contribution in [0.25, 0.3) is 0 Å². The van der Waals surface area contributed by atoms with Gasteiger partial charge in [0.1, 0.15) is 0 Å². The van der Waals surface area contributed by atoms with E-state index in [4.69, 9.17) is 17.3 Å². The molecule has 1 saturated heterocycles. The normalized spacial score (nSPS) is 35.7. The van der Waals surface area contributed by atoms with Gasteiger partial charge in [-0.2, -0.15) is 0 Å². The fourth-order valence-electron chi connectivity index (χ4n) is 1.48. The van der Waals surface area contributed by atoms with Gasteiger partial charge in [0.2, 0.25) is 0 Å². The van der Waals surface area contributed by atoms with Crippen LogP contribution in [0.15, 0.2) is 0 Å². The molecule has 3 unspecified atom stereocenters. The van der Waals surface area contributed by atoms with Gasteiger partial charge in [0, 0.05) is 19.1 Å². The maximum Gasteiger partial charge on any atom is 0.0732 e. The van der Waals surface area contributed by atoms with Crippen molar-refractivity contribution in [2.24, 2.45) is 5.92 Å². The maximum atomic E-state index is 9.71. The molecule has 0 aliphatic carbocycles. The predicted molar refractivity (Wildman–Crippen MR) is 50.9 cm³/mol. The topological polar surface area (TPSA) is 38.7 Å². The lowest BCUT2D eigenvalue weighted by Crippen LogP contribution is -2.27. The standard InChI is InChI=1S/C9H17BO3/c1-2-12-4-7-5-13-6-8(10)3-9(7)11/h7-9,11H,2-6H2,1H3. The monoisotopic (exact) mass is 184 g/mol. The molecular formula is C9H17BO3. The van der Waals surface area contributed by atoms with Gasteiger partial charge in [-0.25, -0.2) is 0 Å². The summed E-state index contributed by atoms with van der Waals surface area (Å²) < 4.78 is 10.6. The first-order valence-corrected chi connectivity index (χ1v) is 4.83. The molecule has 0 aromatic heterocycles. The van der Waals surface area contributed by atoms with E-state index in [9.17, 15) is 5.11 Å². The number of rotatable bonds is 3. The van der Waals surface area contributed by atoms with Gasteiger partial charge >= 0.3 is 0 Å². The molecule has 1 N–H and O–H groups in total. The fraction of sp³-hybridized carbons (Fsp3) is 1.00. The molecule has 0 aromatic rings. The Morgan fingerprint density at radius 2 is 2.31 bits per heavy atom. The van der Waals surface area contributed by atoms with E-state index in [1.807, 2.05) is 6.92 Å². The van der Waals surface area contributed by atoms with E-state index in [0.29, 0.717) is 32.8 Å². The Hall–Kier alpha value is -0.0551. The van der Waals surface area contributed by atoms with Crippen molar-refractivity contribution < 1.29 is 14.6 Å². The zero-order chi connectivity index (χ0) is 9.68. The van der Waals surface area contributed by atoms with Gasteiger partial charge in [-0.3, -0.25) is 0 Å². The minimum absolute atomic E-state index is 0.0402. The van der Waals surface area contributed by atoms with Crippen LogP contribution in [0.5, 0.6) is 0 Å². The van der Waals surface area contributed by atoms with Gasteiger partial charge in [-0.05, 0) is 13.3 Å². The van der Waals surface area contributed by atoms with Crippen molar-refractivity contribution in [2.45, 2.75) is 25.3 Å². The van der Waals surface area contributed by atoms with Gasteiger partial charge < -0.3 is 14.6 Å². The highest BCUT2D eigenvalue weighted by atomic mass is 16.5. The molecule has 4 heteroatoms. The van der Waals surface area contributed by atoms with Crippen LogP contribution in [0.1, 0.15) is 13.3 Å². The molecule has 74 valence electrons. The summed E-state index contributed by atoms with van der Waals surface area (Å²) in [6.45, 7) is 4.27. The van der Waals surface area contributed by atoms with Gasteiger partial charge in [0.25, 0.3) is 0 Å². The molecule has 1 heterocycles. The number of hydrogen-bond donors (Lipinski definition) is 1. The van der Waals surface area contributed by atoms with Crippen LogP contribution in [-0.4, -0.2) is 45.5 Å². The molecule has 0 aromatic carbocycles. The van der Waals surface area contributed by atoms with E-state index in [-0.39, 0.29) is 17.8 Å². The first-order chi connectivity index (χ1) is 6.24. The summed E-state index contributed by atoms with van der Waals surface area (Å²) in [6, 6.07) is 0. The summed E-state index contributed by atoms with van der Waals surface area (Å²) in [7, 11) is 5.69. The van der Waals surface area contributed by atoms with Crippen LogP contribution < -0.4 is 0 Å². The minimum atomic E-state index is -0.385. The lowest BCUT2D eigenvalue weighted by molar-refractivity contribution is 0.00103. The molecule has 2 radical (unpaired) electrons. The summed E-state index contributed by atoms with van der Waals surface area (Å²) in [6.07, 6.45) is 0.224. The van der Waals surface area contributed by atoms with Crippen LogP contribution in [0.4, 0.5) is 0 Å². The van der Waals surface area contributed by atoms with Crippen molar-refractivity contribution in [3.05, 3.63) is 0 Å².